The first kappa shape index (κ1) is 10.4. The monoisotopic (exact) mass is 211 g/mol. The molecule has 2 heterocycles. The molecule has 2 N–H and O–H groups in total. The van der Waals surface area contributed by atoms with E-state index in [0.717, 1.165) is 13.0 Å². The quantitative estimate of drug-likeness (QED) is 0.590. The van der Waals surface area contributed by atoms with Gasteiger partial charge < -0.3 is 15.5 Å². The van der Waals surface area contributed by atoms with Crippen LogP contribution in [-0.2, 0) is 9.59 Å². The normalized spacial score (nSPS) is 29.3. The number of hydrogen-bond donors (Lipinski definition) is 2. The number of nitrogens with zero attached hydrogens (tertiary/aromatic N) is 1. The van der Waals surface area contributed by atoms with Crippen LogP contribution in [0.2, 0.25) is 0 Å². The van der Waals surface area contributed by atoms with Crippen molar-refractivity contribution in [2.24, 2.45) is 0 Å². The molecule has 5 nitrogen and oxygen atoms in total. The lowest BCUT2D eigenvalue weighted by Crippen LogP contribution is -2.67. The average molecular weight is 211 g/mol. The summed E-state index contributed by atoms with van der Waals surface area (Å²) in [5, 5.41) is 5.85. The minimum Gasteiger partial charge on any atom is -0.352 e. The smallest absolute Gasteiger partial charge is 0.245 e. The lowest BCUT2D eigenvalue weighted by molar-refractivity contribution is -0.151. The van der Waals surface area contributed by atoms with Gasteiger partial charge in [-0.05, 0) is 26.8 Å². The Morgan fingerprint density at radius 1 is 1.47 bits per heavy atom. The zero-order valence-electron chi connectivity index (χ0n) is 9.17. The standard InChI is InChI=1S/C10H17N3O2/c1-10(2)9(15)12-5-6-13(10)8(14)7-3-4-11-7/h7,11H,3-6H2,1-2H3,(H,12,15)/t7-/m1/s1. The van der Waals surface area contributed by atoms with Gasteiger partial charge >= 0.3 is 0 Å². The molecule has 15 heavy (non-hydrogen) atoms. The van der Waals surface area contributed by atoms with Gasteiger partial charge in [-0.1, -0.05) is 0 Å². The molecule has 5 heteroatoms. The average Bonchev–Trinajstić information content (AvgIpc) is 2.06. The minimum atomic E-state index is -0.716. The molecule has 2 amide bonds. The van der Waals surface area contributed by atoms with E-state index in [1.165, 1.54) is 0 Å². The fraction of sp³-hybridized carbons (Fsp3) is 0.800. The van der Waals surface area contributed by atoms with Gasteiger partial charge in [0.25, 0.3) is 0 Å². The summed E-state index contributed by atoms with van der Waals surface area (Å²) < 4.78 is 0. The molecule has 0 spiro atoms. The van der Waals surface area contributed by atoms with Gasteiger partial charge in [0.05, 0.1) is 6.04 Å². The van der Waals surface area contributed by atoms with Crippen molar-refractivity contribution in [1.82, 2.24) is 15.5 Å². The number of nitrogens with one attached hydrogen (secondary N) is 2. The first-order valence-corrected chi connectivity index (χ1v) is 5.36. The second-order valence-corrected chi connectivity index (χ2v) is 4.60. The van der Waals surface area contributed by atoms with Gasteiger partial charge in [0.1, 0.15) is 5.54 Å². The molecule has 84 valence electrons. The van der Waals surface area contributed by atoms with Gasteiger partial charge in [0.15, 0.2) is 0 Å². The van der Waals surface area contributed by atoms with Gasteiger partial charge in [-0.2, -0.15) is 0 Å². The zero-order chi connectivity index (χ0) is 11.1. The molecule has 0 aromatic heterocycles. The maximum Gasteiger partial charge on any atom is 0.245 e. The van der Waals surface area contributed by atoms with Crippen LogP contribution in [0.5, 0.6) is 0 Å². The second-order valence-electron chi connectivity index (χ2n) is 4.60. The molecule has 2 fully saturated rings. The summed E-state index contributed by atoms with van der Waals surface area (Å²) in [6.07, 6.45) is 0.882. The molecular formula is C10H17N3O2. The van der Waals surface area contributed by atoms with Crippen LogP contribution in [0.15, 0.2) is 0 Å². The topological polar surface area (TPSA) is 61.4 Å². The van der Waals surface area contributed by atoms with Crippen LogP contribution >= 0.6 is 0 Å². The number of carbonyl (C=O) groups is 2. The fourth-order valence-electron chi connectivity index (χ4n) is 1.97. The Morgan fingerprint density at radius 3 is 2.67 bits per heavy atom. The van der Waals surface area contributed by atoms with E-state index in [0.29, 0.717) is 13.1 Å². The van der Waals surface area contributed by atoms with Gasteiger partial charge in [0, 0.05) is 13.1 Å². The van der Waals surface area contributed by atoms with Gasteiger partial charge in [-0.25, -0.2) is 0 Å². The van der Waals surface area contributed by atoms with E-state index in [9.17, 15) is 9.59 Å². The summed E-state index contributed by atoms with van der Waals surface area (Å²) >= 11 is 0. The summed E-state index contributed by atoms with van der Waals surface area (Å²) in [6.45, 7) is 5.64. The second kappa shape index (κ2) is 3.48. The van der Waals surface area contributed by atoms with E-state index < -0.39 is 5.54 Å². The van der Waals surface area contributed by atoms with Crippen molar-refractivity contribution in [3.05, 3.63) is 0 Å². The summed E-state index contributed by atoms with van der Waals surface area (Å²) in [7, 11) is 0. The van der Waals surface area contributed by atoms with E-state index in [1.807, 2.05) is 0 Å². The predicted octanol–water partition coefficient (Wildman–Crippen LogP) is -0.915. The third kappa shape index (κ3) is 1.61. The molecule has 0 aromatic rings. The molecule has 0 aliphatic carbocycles. The summed E-state index contributed by atoms with van der Waals surface area (Å²) in [6, 6.07) is -0.0739. The van der Waals surface area contributed by atoms with Gasteiger partial charge in [-0.15, -0.1) is 0 Å². The number of hydrogen-bond acceptors (Lipinski definition) is 3. The molecule has 2 aliphatic rings. The first-order chi connectivity index (χ1) is 7.03. The van der Waals surface area contributed by atoms with Crippen molar-refractivity contribution in [3.63, 3.8) is 0 Å². The molecule has 2 rings (SSSR count). The third-order valence-electron chi connectivity index (χ3n) is 3.24. The van der Waals surface area contributed by atoms with Crippen LogP contribution in [-0.4, -0.2) is 47.9 Å². The van der Waals surface area contributed by atoms with E-state index in [-0.39, 0.29) is 17.9 Å². The third-order valence-corrected chi connectivity index (χ3v) is 3.24. The Kier molecular flexibility index (Phi) is 2.42. The Morgan fingerprint density at radius 2 is 2.13 bits per heavy atom. The van der Waals surface area contributed by atoms with Crippen LogP contribution < -0.4 is 10.6 Å². The summed E-state index contributed by atoms with van der Waals surface area (Å²) in [4.78, 5) is 25.3. The maximum absolute atomic E-state index is 12.0. The molecule has 0 unspecified atom stereocenters. The highest BCUT2D eigenvalue weighted by Crippen LogP contribution is 2.20. The highest BCUT2D eigenvalue weighted by Gasteiger charge is 2.43. The number of amides is 2. The van der Waals surface area contributed by atoms with Crippen molar-refractivity contribution in [2.75, 3.05) is 19.6 Å². The number of rotatable bonds is 1. The van der Waals surface area contributed by atoms with Crippen LogP contribution in [0.3, 0.4) is 0 Å². The van der Waals surface area contributed by atoms with Crippen LogP contribution in [0.1, 0.15) is 20.3 Å². The van der Waals surface area contributed by atoms with Crippen molar-refractivity contribution in [2.45, 2.75) is 31.8 Å². The Labute approximate surface area is 89.2 Å². The largest absolute Gasteiger partial charge is 0.352 e. The van der Waals surface area contributed by atoms with E-state index in [1.54, 1.807) is 18.7 Å². The summed E-state index contributed by atoms with van der Waals surface area (Å²) in [5.41, 5.74) is -0.716. The molecule has 1 atom stereocenters. The zero-order valence-corrected chi connectivity index (χ0v) is 9.17. The van der Waals surface area contributed by atoms with E-state index in [4.69, 9.17) is 0 Å². The Hall–Kier alpha value is -1.10. The van der Waals surface area contributed by atoms with Crippen molar-refractivity contribution in [3.8, 4) is 0 Å². The highest BCUT2D eigenvalue weighted by molar-refractivity contribution is 5.93. The van der Waals surface area contributed by atoms with Crippen LogP contribution in [0.4, 0.5) is 0 Å². The lowest BCUT2D eigenvalue weighted by atomic mass is 9.95. The van der Waals surface area contributed by atoms with Crippen molar-refractivity contribution in [1.29, 1.82) is 0 Å². The first-order valence-electron chi connectivity index (χ1n) is 5.36. The van der Waals surface area contributed by atoms with Gasteiger partial charge in [0.2, 0.25) is 11.8 Å². The molecular weight excluding hydrogens is 194 g/mol. The maximum atomic E-state index is 12.0. The van der Waals surface area contributed by atoms with Crippen molar-refractivity contribution < 1.29 is 9.59 Å². The SMILES string of the molecule is CC1(C)C(=O)NCCN1C(=O)[C@H]1CCN1. The number of piperazine rings is 1. The van der Waals surface area contributed by atoms with Gasteiger partial charge in [-0.3, -0.25) is 9.59 Å². The molecule has 2 aliphatic heterocycles. The number of carbonyl (C=O) groups excluding carboxylic acids is 2. The van der Waals surface area contributed by atoms with E-state index >= 15 is 0 Å². The Balaban J connectivity index is 2.12. The summed E-state index contributed by atoms with van der Waals surface area (Å²) in [5.74, 6) is -0.0116. The van der Waals surface area contributed by atoms with Crippen molar-refractivity contribution >= 4 is 11.8 Å². The molecule has 0 saturated carbocycles. The Bertz CT molecular complexity index is 297. The molecule has 2 saturated heterocycles. The predicted molar refractivity (Wildman–Crippen MR) is 55.2 cm³/mol. The minimum absolute atomic E-state index is 0.0566. The van der Waals surface area contributed by atoms with Crippen LogP contribution in [0, 0.1) is 0 Å². The highest BCUT2D eigenvalue weighted by atomic mass is 16.2. The molecule has 0 radical (unpaired) electrons. The molecule has 0 aromatic carbocycles. The lowest BCUT2D eigenvalue weighted by Gasteiger charge is -2.44. The fourth-order valence-corrected chi connectivity index (χ4v) is 1.97. The molecule has 0 bridgehead atoms. The van der Waals surface area contributed by atoms with E-state index in [2.05, 4.69) is 10.6 Å². The van der Waals surface area contributed by atoms with Crippen LogP contribution in [0.25, 0.3) is 0 Å².